The first-order chi connectivity index (χ1) is 12.1. The van der Waals surface area contributed by atoms with E-state index in [0.717, 1.165) is 44.4 Å². The van der Waals surface area contributed by atoms with Gasteiger partial charge in [0.15, 0.2) is 5.84 Å². The number of ether oxygens (including phenoxy) is 1. The molecule has 0 bridgehead atoms. The highest BCUT2D eigenvalue weighted by atomic mass is 16.5. The first kappa shape index (κ1) is 16.3. The van der Waals surface area contributed by atoms with Gasteiger partial charge >= 0.3 is 0 Å². The van der Waals surface area contributed by atoms with Crippen LogP contribution in [0.25, 0.3) is 0 Å². The molecule has 0 aromatic carbocycles. The van der Waals surface area contributed by atoms with Gasteiger partial charge in [0.1, 0.15) is 6.04 Å². The summed E-state index contributed by atoms with van der Waals surface area (Å²) in [7, 11) is 0. The molecule has 0 amide bonds. The number of aromatic nitrogens is 2. The number of nitrogens with zero attached hydrogens (tertiary/aromatic N) is 6. The summed E-state index contributed by atoms with van der Waals surface area (Å²) in [6, 6.07) is 0.253. The maximum absolute atomic E-state index is 5.48. The Balaban J connectivity index is 1.57. The van der Waals surface area contributed by atoms with Crippen molar-refractivity contribution in [3.05, 3.63) is 29.7 Å². The van der Waals surface area contributed by atoms with Crippen LogP contribution in [0.5, 0.6) is 0 Å². The maximum atomic E-state index is 5.48. The average Bonchev–Trinajstić information content (AvgIpc) is 3.17. The molecule has 0 radical (unpaired) electrons. The Morgan fingerprint density at radius 1 is 1.28 bits per heavy atom. The molecule has 0 aliphatic carbocycles. The van der Waals surface area contributed by atoms with Crippen molar-refractivity contribution in [2.75, 3.05) is 26.3 Å². The first-order valence-corrected chi connectivity index (χ1v) is 9.10. The molecule has 0 N–H and O–H groups in total. The predicted octanol–water partition coefficient (Wildman–Crippen LogP) is 1.90. The fraction of sp³-hybridized carbons (Fsp3) is 0.611. The Hall–Kier alpha value is -2.15. The predicted molar refractivity (Wildman–Crippen MR) is 97.5 cm³/mol. The van der Waals surface area contributed by atoms with E-state index in [1.165, 1.54) is 5.56 Å². The molecule has 7 heteroatoms. The molecule has 1 aromatic rings. The van der Waals surface area contributed by atoms with E-state index >= 15 is 0 Å². The Labute approximate surface area is 148 Å². The Kier molecular flexibility index (Phi) is 4.33. The second-order valence-electron chi connectivity index (χ2n) is 7.29. The quantitative estimate of drug-likeness (QED) is 0.838. The summed E-state index contributed by atoms with van der Waals surface area (Å²) in [4.78, 5) is 7.28. The number of fused-ring (bicyclic) bond motifs is 1. The van der Waals surface area contributed by atoms with Gasteiger partial charge in [0.2, 0.25) is 0 Å². The summed E-state index contributed by atoms with van der Waals surface area (Å²) in [5.74, 6) is 1.54. The number of aliphatic imine (C=N–C) groups is 1. The molecule has 4 rings (SSSR count). The van der Waals surface area contributed by atoms with Crippen molar-refractivity contribution in [3.8, 4) is 0 Å². The van der Waals surface area contributed by atoms with Crippen LogP contribution in [0.1, 0.15) is 32.4 Å². The minimum absolute atomic E-state index is 0.108. The fourth-order valence-corrected chi connectivity index (χ4v) is 3.70. The van der Waals surface area contributed by atoms with E-state index in [9.17, 15) is 0 Å². The normalized spacial score (nSPS) is 26.1. The number of hydrazone groups is 1. The van der Waals surface area contributed by atoms with E-state index in [2.05, 4.69) is 53.2 Å². The number of hydrogen-bond donors (Lipinski definition) is 0. The molecule has 1 fully saturated rings. The molecule has 3 aliphatic rings. The van der Waals surface area contributed by atoms with Crippen molar-refractivity contribution in [2.24, 2.45) is 16.0 Å². The zero-order chi connectivity index (χ0) is 17.4. The molecule has 7 nitrogen and oxygen atoms in total. The van der Waals surface area contributed by atoms with Gasteiger partial charge in [-0.05, 0) is 18.9 Å². The van der Waals surface area contributed by atoms with Crippen molar-refractivity contribution in [1.82, 2.24) is 19.7 Å². The molecule has 1 aromatic heterocycles. The number of rotatable bonds is 4. The Bertz CT molecular complexity index is 713. The van der Waals surface area contributed by atoms with Gasteiger partial charge in [0.25, 0.3) is 0 Å². The third kappa shape index (κ3) is 3.08. The van der Waals surface area contributed by atoms with Gasteiger partial charge in [0.05, 0.1) is 31.1 Å². The molecule has 25 heavy (non-hydrogen) atoms. The first-order valence-electron chi connectivity index (χ1n) is 9.10. The van der Waals surface area contributed by atoms with E-state index in [1.54, 1.807) is 0 Å². The Morgan fingerprint density at radius 3 is 2.84 bits per heavy atom. The highest BCUT2D eigenvalue weighted by molar-refractivity contribution is 6.04. The SMILES string of the molecule is CC(C)Cn1cc(C2C(C)N=C3C(N4CCOCC4)=CC=NN32)cn1. The van der Waals surface area contributed by atoms with Crippen molar-refractivity contribution in [3.63, 3.8) is 0 Å². The minimum Gasteiger partial charge on any atom is -0.378 e. The molecule has 2 atom stereocenters. The minimum atomic E-state index is 0.108. The molecular weight excluding hydrogens is 316 g/mol. The lowest BCUT2D eigenvalue weighted by Gasteiger charge is -2.34. The maximum Gasteiger partial charge on any atom is 0.169 e. The second kappa shape index (κ2) is 6.63. The summed E-state index contributed by atoms with van der Waals surface area (Å²) in [6.45, 7) is 10.8. The van der Waals surface area contributed by atoms with Crippen molar-refractivity contribution in [1.29, 1.82) is 0 Å². The van der Waals surface area contributed by atoms with E-state index < -0.39 is 0 Å². The highest BCUT2D eigenvalue weighted by Crippen LogP contribution is 2.36. The highest BCUT2D eigenvalue weighted by Gasteiger charge is 2.39. The zero-order valence-corrected chi connectivity index (χ0v) is 15.2. The van der Waals surface area contributed by atoms with Crippen LogP contribution >= 0.6 is 0 Å². The van der Waals surface area contributed by atoms with E-state index in [4.69, 9.17) is 9.73 Å². The lowest BCUT2D eigenvalue weighted by atomic mass is 10.1. The van der Waals surface area contributed by atoms with Crippen LogP contribution in [0, 0.1) is 5.92 Å². The number of amidine groups is 1. The molecule has 3 aliphatic heterocycles. The van der Waals surface area contributed by atoms with E-state index in [-0.39, 0.29) is 12.1 Å². The standard InChI is InChI=1S/C18H26N6O/c1-13(2)11-23-12-15(10-20-23)17-14(3)21-18-16(4-5-19-24(17)18)22-6-8-25-9-7-22/h4-5,10,12-14,17H,6-9,11H2,1-3H3. The van der Waals surface area contributed by atoms with E-state index in [1.807, 2.05) is 17.1 Å². The van der Waals surface area contributed by atoms with Gasteiger partial charge in [-0.15, -0.1) is 0 Å². The van der Waals surface area contributed by atoms with Crippen LogP contribution in [-0.4, -0.2) is 64.1 Å². The monoisotopic (exact) mass is 342 g/mol. The van der Waals surface area contributed by atoms with Gasteiger partial charge in [-0.2, -0.15) is 10.2 Å². The number of hydrogen-bond acceptors (Lipinski definition) is 6. The Morgan fingerprint density at radius 2 is 2.08 bits per heavy atom. The van der Waals surface area contributed by atoms with E-state index in [0.29, 0.717) is 5.92 Å². The summed E-state index contributed by atoms with van der Waals surface area (Å²) in [5.41, 5.74) is 2.33. The zero-order valence-electron chi connectivity index (χ0n) is 15.2. The van der Waals surface area contributed by atoms with Crippen LogP contribution in [0.3, 0.4) is 0 Å². The molecule has 2 unspecified atom stereocenters. The summed E-state index contributed by atoms with van der Waals surface area (Å²) < 4.78 is 7.51. The third-order valence-electron chi connectivity index (χ3n) is 4.81. The van der Waals surface area contributed by atoms with Gasteiger partial charge < -0.3 is 9.64 Å². The molecule has 0 spiro atoms. The lowest BCUT2D eigenvalue weighted by molar-refractivity contribution is 0.0557. The van der Waals surface area contributed by atoms with Crippen LogP contribution in [0.2, 0.25) is 0 Å². The van der Waals surface area contributed by atoms with Gasteiger partial charge in [-0.25, -0.2) is 5.01 Å². The summed E-state index contributed by atoms with van der Waals surface area (Å²) in [5, 5.41) is 11.2. The summed E-state index contributed by atoms with van der Waals surface area (Å²) in [6.07, 6.45) is 8.05. The number of morpholine rings is 1. The topological polar surface area (TPSA) is 58.3 Å². The van der Waals surface area contributed by atoms with Crippen molar-refractivity contribution in [2.45, 2.75) is 39.4 Å². The fourth-order valence-electron chi connectivity index (χ4n) is 3.70. The largest absolute Gasteiger partial charge is 0.378 e. The molecular formula is C18H26N6O. The van der Waals surface area contributed by atoms with Crippen molar-refractivity contribution < 1.29 is 4.74 Å². The smallest absolute Gasteiger partial charge is 0.169 e. The second-order valence-corrected chi connectivity index (χ2v) is 7.29. The third-order valence-corrected chi connectivity index (χ3v) is 4.81. The molecule has 134 valence electrons. The lowest BCUT2D eigenvalue weighted by Crippen LogP contribution is -2.42. The van der Waals surface area contributed by atoms with Gasteiger partial charge in [-0.3, -0.25) is 9.67 Å². The van der Waals surface area contributed by atoms with Gasteiger partial charge in [0, 0.05) is 37.6 Å². The van der Waals surface area contributed by atoms with Crippen LogP contribution in [0.4, 0.5) is 0 Å². The van der Waals surface area contributed by atoms with Crippen LogP contribution in [0.15, 0.2) is 34.3 Å². The van der Waals surface area contributed by atoms with Crippen LogP contribution in [-0.2, 0) is 11.3 Å². The number of allylic oxidation sites excluding steroid dienone is 1. The molecule has 4 heterocycles. The molecule has 0 saturated carbocycles. The van der Waals surface area contributed by atoms with Crippen LogP contribution < -0.4 is 0 Å². The molecule has 1 saturated heterocycles. The summed E-state index contributed by atoms with van der Waals surface area (Å²) >= 11 is 0. The van der Waals surface area contributed by atoms with Gasteiger partial charge in [-0.1, -0.05) is 13.8 Å². The average molecular weight is 342 g/mol. The van der Waals surface area contributed by atoms with Crippen molar-refractivity contribution >= 4 is 12.1 Å².